The number of guanidine groups is 1. The molecule has 0 radical (unpaired) electrons. The first-order chi connectivity index (χ1) is 13.4. The number of likely N-dealkylation sites (N-methyl/N-ethyl adjacent to an activating group) is 1. The standard InChI is InChI=1S/C21H37N5O2.HI/c1-5-22-20(23-15-18(2)25(4)19-9-7-6-8-10-19)24-16-21(3,27)17-26-11-13-28-14-12-26;/h6-10,18,27H,5,11-17H2,1-4H3,(H2,22,23,24);1H. The second-order valence-corrected chi connectivity index (χ2v) is 7.76. The zero-order valence-electron chi connectivity index (χ0n) is 18.2. The first-order valence-corrected chi connectivity index (χ1v) is 10.2. The van der Waals surface area contributed by atoms with Crippen molar-refractivity contribution in [3.8, 4) is 0 Å². The molecule has 166 valence electrons. The predicted octanol–water partition coefficient (Wildman–Crippen LogP) is 1.77. The Labute approximate surface area is 192 Å². The molecule has 1 aromatic rings. The number of morpholine rings is 1. The molecule has 0 amide bonds. The molecule has 0 bridgehead atoms. The van der Waals surface area contributed by atoms with Gasteiger partial charge in [0.25, 0.3) is 0 Å². The molecule has 0 spiro atoms. The summed E-state index contributed by atoms with van der Waals surface area (Å²) in [6, 6.07) is 10.6. The average Bonchev–Trinajstić information content (AvgIpc) is 2.70. The van der Waals surface area contributed by atoms with E-state index in [2.05, 4.69) is 51.5 Å². The number of hydrogen-bond acceptors (Lipinski definition) is 5. The van der Waals surface area contributed by atoms with E-state index < -0.39 is 5.60 Å². The van der Waals surface area contributed by atoms with E-state index in [4.69, 9.17) is 4.74 Å². The Bertz CT molecular complexity index is 594. The van der Waals surface area contributed by atoms with E-state index in [1.807, 2.05) is 32.0 Å². The van der Waals surface area contributed by atoms with Gasteiger partial charge in [-0.3, -0.25) is 9.89 Å². The lowest BCUT2D eigenvalue weighted by molar-refractivity contribution is -0.0179. The van der Waals surface area contributed by atoms with Gasteiger partial charge in [-0.15, -0.1) is 24.0 Å². The summed E-state index contributed by atoms with van der Waals surface area (Å²) in [6.45, 7) is 11.7. The fraction of sp³-hybridized carbons (Fsp3) is 0.667. The van der Waals surface area contributed by atoms with Crippen molar-refractivity contribution in [3.05, 3.63) is 30.3 Å². The summed E-state index contributed by atoms with van der Waals surface area (Å²) in [5, 5.41) is 17.4. The summed E-state index contributed by atoms with van der Waals surface area (Å²) in [5.74, 6) is 0.734. The molecule has 3 N–H and O–H groups in total. The second-order valence-electron chi connectivity index (χ2n) is 7.76. The van der Waals surface area contributed by atoms with Gasteiger partial charge in [0.1, 0.15) is 0 Å². The minimum atomic E-state index is -0.869. The third-order valence-electron chi connectivity index (χ3n) is 4.98. The predicted molar refractivity (Wildman–Crippen MR) is 132 cm³/mol. The normalized spacial score (nSPS) is 18.3. The second kappa shape index (κ2) is 13.3. The van der Waals surface area contributed by atoms with Crippen molar-refractivity contribution in [2.45, 2.75) is 32.4 Å². The van der Waals surface area contributed by atoms with E-state index >= 15 is 0 Å². The van der Waals surface area contributed by atoms with Gasteiger partial charge in [0.05, 0.1) is 25.4 Å². The Kier molecular flexibility index (Phi) is 11.9. The molecule has 1 aliphatic heterocycles. The topological polar surface area (TPSA) is 72.4 Å². The maximum atomic E-state index is 10.7. The smallest absolute Gasteiger partial charge is 0.191 e. The first-order valence-electron chi connectivity index (χ1n) is 10.2. The molecule has 1 fully saturated rings. The fourth-order valence-electron chi connectivity index (χ4n) is 3.18. The van der Waals surface area contributed by atoms with E-state index in [0.29, 0.717) is 19.1 Å². The zero-order valence-corrected chi connectivity index (χ0v) is 20.6. The number of nitrogens with one attached hydrogen (secondary N) is 2. The Balaban J connectivity index is 0.00000420. The number of halogens is 1. The number of rotatable bonds is 9. The lowest BCUT2D eigenvalue weighted by atomic mass is 10.1. The van der Waals surface area contributed by atoms with Crippen LogP contribution in [0, 0.1) is 0 Å². The summed E-state index contributed by atoms with van der Waals surface area (Å²) in [7, 11) is 2.10. The number of hydrogen-bond donors (Lipinski definition) is 3. The SMILES string of the molecule is CCNC(=NCC(C)(O)CN1CCOCC1)NCC(C)N(C)c1ccccc1.I. The highest BCUT2D eigenvalue weighted by Crippen LogP contribution is 2.13. The van der Waals surface area contributed by atoms with Gasteiger partial charge in [-0.2, -0.15) is 0 Å². The van der Waals surface area contributed by atoms with Crippen LogP contribution in [-0.2, 0) is 4.74 Å². The highest BCUT2D eigenvalue weighted by Gasteiger charge is 2.25. The number of benzene rings is 1. The number of ether oxygens (including phenoxy) is 1. The Morgan fingerprint density at radius 2 is 1.93 bits per heavy atom. The minimum Gasteiger partial charge on any atom is -0.387 e. The zero-order chi connectivity index (χ0) is 20.4. The van der Waals surface area contributed by atoms with Gasteiger partial charge < -0.3 is 25.4 Å². The summed E-state index contributed by atoms with van der Waals surface area (Å²) in [4.78, 5) is 9.10. The average molecular weight is 519 g/mol. The van der Waals surface area contributed by atoms with E-state index in [-0.39, 0.29) is 24.0 Å². The number of aliphatic imine (C=N–C) groups is 1. The third-order valence-corrected chi connectivity index (χ3v) is 4.98. The highest BCUT2D eigenvalue weighted by atomic mass is 127. The van der Waals surface area contributed by atoms with Gasteiger partial charge >= 0.3 is 0 Å². The molecule has 1 aromatic carbocycles. The fourth-order valence-corrected chi connectivity index (χ4v) is 3.18. The first kappa shape index (κ1) is 25.9. The minimum absolute atomic E-state index is 0. The molecule has 7 nitrogen and oxygen atoms in total. The van der Waals surface area contributed by atoms with Crippen LogP contribution < -0.4 is 15.5 Å². The number of anilines is 1. The van der Waals surface area contributed by atoms with Crippen LogP contribution in [0.25, 0.3) is 0 Å². The van der Waals surface area contributed by atoms with Gasteiger partial charge in [0.15, 0.2) is 5.96 Å². The molecule has 1 aliphatic rings. The van der Waals surface area contributed by atoms with Crippen LogP contribution in [0.15, 0.2) is 35.3 Å². The number of β-amino-alcohol motifs (C(OH)–C–C–N with tert-alkyl or cyclic N) is 1. The third kappa shape index (κ3) is 9.50. The number of para-hydroxylation sites is 1. The number of nitrogens with zero attached hydrogens (tertiary/aromatic N) is 3. The molecule has 1 saturated heterocycles. The van der Waals surface area contributed by atoms with Gasteiger partial charge in [-0.05, 0) is 32.9 Å². The van der Waals surface area contributed by atoms with Crippen LogP contribution in [0.4, 0.5) is 5.69 Å². The molecule has 8 heteroatoms. The largest absolute Gasteiger partial charge is 0.387 e. The Morgan fingerprint density at radius 3 is 2.55 bits per heavy atom. The quantitative estimate of drug-likeness (QED) is 0.263. The molecule has 0 aliphatic carbocycles. The molecular weight excluding hydrogens is 481 g/mol. The van der Waals surface area contributed by atoms with Crippen molar-refractivity contribution in [2.75, 3.05) is 64.4 Å². The summed E-state index contributed by atoms with van der Waals surface area (Å²) < 4.78 is 5.38. The summed E-state index contributed by atoms with van der Waals surface area (Å²) in [5.41, 5.74) is 0.318. The molecule has 2 unspecified atom stereocenters. The molecule has 2 atom stereocenters. The monoisotopic (exact) mass is 519 g/mol. The van der Waals surface area contributed by atoms with Crippen molar-refractivity contribution in [2.24, 2.45) is 4.99 Å². The Morgan fingerprint density at radius 1 is 1.28 bits per heavy atom. The molecule has 1 heterocycles. The summed E-state index contributed by atoms with van der Waals surface area (Å²) >= 11 is 0. The van der Waals surface area contributed by atoms with Crippen molar-refractivity contribution in [3.63, 3.8) is 0 Å². The summed E-state index contributed by atoms with van der Waals surface area (Å²) in [6.07, 6.45) is 0. The van der Waals surface area contributed by atoms with Crippen molar-refractivity contribution in [1.82, 2.24) is 15.5 Å². The van der Waals surface area contributed by atoms with Crippen molar-refractivity contribution < 1.29 is 9.84 Å². The molecule has 29 heavy (non-hydrogen) atoms. The van der Waals surface area contributed by atoms with Crippen LogP contribution >= 0.6 is 24.0 Å². The van der Waals surface area contributed by atoms with Gasteiger partial charge in [-0.1, -0.05) is 18.2 Å². The van der Waals surface area contributed by atoms with Crippen molar-refractivity contribution >= 4 is 35.6 Å². The van der Waals surface area contributed by atoms with Crippen molar-refractivity contribution in [1.29, 1.82) is 0 Å². The van der Waals surface area contributed by atoms with Crippen LogP contribution in [-0.4, -0.2) is 87.1 Å². The Hall–Kier alpha value is -1.10. The maximum Gasteiger partial charge on any atom is 0.191 e. The van der Waals surface area contributed by atoms with Crippen LogP contribution in [0.1, 0.15) is 20.8 Å². The van der Waals surface area contributed by atoms with E-state index in [1.54, 1.807) is 0 Å². The van der Waals surface area contributed by atoms with Crippen LogP contribution in [0.2, 0.25) is 0 Å². The lowest BCUT2D eigenvalue weighted by Crippen LogP contribution is -2.49. The number of aliphatic hydroxyl groups is 1. The maximum absolute atomic E-state index is 10.7. The lowest BCUT2D eigenvalue weighted by Gasteiger charge is -2.33. The van der Waals surface area contributed by atoms with Gasteiger partial charge in [0, 0.05) is 51.5 Å². The van der Waals surface area contributed by atoms with Crippen LogP contribution in [0.5, 0.6) is 0 Å². The van der Waals surface area contributed by atoms with Crippen LogP contribution in [0.3, 0.4) is 0 Å². The molecular formula is C21H38IN5O2. The van der Waals surface area contributed by atoms with E-state index in [9.17, 15) is 5.11 Å². The molecule has 0 aromatic heterocycles. The molecule has 0 saturated carbocycles. The highest BCUT2D eigenvalue weighted by molar-refractivity contribution is 14.0. The van der Waals surface area contributed by atoms with E-state index in [1.165, 1.54) is 5.69 Å². The van der Waals surface area contributed by atoms with Gasteiger partial charge in [0.2, 0.25) is 0 Å². The molecule has 2 rings (SSSR count). The van der Waals surface area contributed by atoms with E-state index in [0.717, 1.165) is 45.4 Å². The van der Waals surface area contributed by atoms with Gasteiger partial charge in [-0.25, -0.2) is 0 Å².